The van der Waals surface area contributed by atoms with Gasteiger partial charge in [-0.2, -0.15) is 0 Å². The lowest BCUT2D eigenvalue weighted by Gasteiger charge is -2.05. The molecule has 2 nitrogen and oxygen atoms in total. The summed E-state index contributed by atoms with van der Waals surface area (Å²) >= 11 is 0. The zero-order chi connectivity index (χ0) is 17.9. The molecule has 0 atom stereocenters. The van der Waals surface area contributed by atoms with E-state index in [1.807, 2.05) is 50.2 Å². The molecule has 0 radical (unpaired) electrons. The number of benzene rings is 2. The number of para-hydroxylation sites is 2. The lowest BCUT2D eigenvalue weighted by molar-refractivity contribution is 0.462. The van der Waals surface area contributed by atoms with Crippen molar-refractivity contribution in [1.29, 1.82) is 0 Å². The summed E-state index contributed by atoms with van der Waals surface area (Å²) in [5.41, 5.74) is 4.11. The number of rotatable bonds is 6. The molecule has 0 bridgehead atoms. The molecule has 0 aromatic heterocycles. The molecule has 0 spiro atoms. The van der Waals surface area contributed by atoms with E-state index in [9.17, 15) is 10.2 Å². The highest BCUT2D eigenvalue weighted by molar-refractivity contribution is 5.40. The number of aryl methyl sites for hydroxylation is 4. The minimum atomic E-state index is 0.478. The summed E-state index contributed by atoms with van der Waals surface area (Å²) in [6.07, 6.45) is 6.63. The normalized spacial score (nSPS) is 10.2. The van der Waals surface area contributed by atoms with E-state index in [2.05, 4.69) is 13.8 Å². The molecule has 2 N–H and O–H groups in total. The molecule has 132 valence electrons. The van der Waals surface area contributed by atoms with Gasteiger partial charge in [-0.15, -0.1) is 0 Å². The van der Waals surface area contributed by atoms with Crippen molar-refractivity contribution in [3.63, 3.8) is 0 Å². The van der Waals surface area contributed by atoms with Crippen LogP contribution in [0.15, 0.2) is 36.4 Å². The van der Waals surface area contributed by atoms with Gasteiger partial charge in [0, 0.05) is 0 Å². The lowest BCUT2D eigenvalue weighted by Crippen LogP contribution is -1.87. The van der Waals surface area contributed by atoms with E-state index >= 15 is 0 Å². The number of phenols is 2. The second kappa shape index (κ2) is 10.7. The molecule has 2 aromatic rings. The molecular weight excluding hydrogens is 296 g/mol. The van der Waals surface area contributed by atoms with Crippen LogP contribution in [0.5, 0.6) is 11.5 Å². The van der Waals surface area contributed by atoms with Crippen molar-refractivity contribution < 1.29 is 10.2 Å². The first-order valence-electron chi connectivity index (χ1n) is 9.06. The largest absolute Gasteiger partial charge is 0.507 e. The fraction of sp³-hybridized carbons (Fsp3) is 0.455. The fourth-order valence-electron chi connectivity index (χ4n) is 2.58. The van der Waals surface area contributed by atoms with Crippen molar-refractivity contribution in [3.8, 4) is 11.5 Å². The molecule has 0 saturated carbocycles. The summed E-state index contributed by atoms with van der Waals surface area (Å²) in [7, 11) is 0. The van der Waals surface area contributed by atoms with Crippen LogP contribution in [0.3, 0.4) is 0 Å². The number of aromatic hydroxyl groups is 2. The predicted molar refractivity (Wildman–Crippen MR) is 103 cm³/mol. The van der Waals surface area contributed by atoms with Gasteiger partial charge >= 0.3 is 0 Å². The average Bonchev–Trinajstić information content (AvgIpc) is 2.58. The SMILES string of the molecule is CCCCc1cccc(C)c1O.CCCCc1cccc(C)c1O. The number of hydrogen-bond donors (Lipinski definition) is 2. The van der Waals surface area contributed by atoms with Crippen LogP contribution in [0.2, 0.25) is 0 Å². The first-order chi connectivity index (χ1) is 11.5. The molecule has 0 saturated heterocycles. The van der Waals surface area contributed by atoms with Gasteiger partial charge in [0.1, 0.15) is 11.5 Å². The fourth-order valence-corrected chi connectivity index (χ4v) is 2.58. The van der Waals surface area contributed by atoms with Gasteiger partial charge < -0.3 is 10.2 Å². The lowest BCUT2D eigenvalue weighted by atomic mass is 10.0. The average molecular weight is 328 g/mol. The molecule has 0 heterocycles. The maximum absolute atomic E-state index is 9.62. The molecule has 0 fully saturated rings. The van der Waals surface area contributed by atoms with Crippen molar-refractivity contribution in [2.45, 2.75) is 66.2 Å². The van der Waals surface area contributed by atoms with Gasteiger partial charge in [0.15, 0.2) is 0 Å². The molecule has 2 aromatic carbocycles. The molecule has 0 aliphatic carbocycles. The Kier molecular flexibility index (Phi) is 8.99. The Balaban J connectivity index is 0.000000240. The molecule has 24 heavy (non-hydrogen) atoms. The first kappa shape index (κ1) is 20.1. The Hall–Kier alpha value is -1.96. The quantitative estimate of drug-likeness (QED) is 0.674. The van der Waals surface area contributed by atoms with Crippen LogP contribution in [0.25, 0.3) is 0 Å². The Labute approximate surface area is 147 Å². The molecule has 0 unspecified atom stereocenters. The van der Waals surface area contributed by atoms with Crippen LogP contribution >= 0.6 is 0 Å². The van der Waals surface area contributed by atoms with Crippen molar-refractivity contribution >= 4 is 0 Å². The number of phenolic OH excluding ortho intramolecular Hbond substituents is 2. The zero-order valence-electron chi connectivity index (χ0n) is 15.6. The third-order valence-corrected chi connectivity index (χ3v) is 4.24. The molecule has 0 aliphatic heterocycles. The summed E-state index contributed by atoms with van der Waals surface area (Å²) in [6, 6.07) is 11.9. The van der Waals surface area contributed by atoms with Gasteiger partial charge in [-0.3, -0.25) is 0 Å². The van der Waals surface area contributed by atoms with Crippen molar-refractivity contribution in [2.24, 2.45) is 0 Å². The third kappa shape index (κ3) is 6.27. The van der Waals surface area contributed by atoms with Crippen molar-refractivity contribution in [3.05, 3.63) is 58.7 Å². The van der Waals surface area contributed by atoms with Crippen LogP contribution in [0, 0.1) is 13.8 Å². The molecule has 0 aliphatic rings. The second-order valence-electron chi connectivity index (χ2n) is 6.37. The van der Waals surface area contributed by atoms with Gasteiger partial charge in [-0.05, 0) is 61.8 Å². The molecular formula is C22H32O2. The Morgan fingerprint density at radius 2 is 1.04 bits per heavy atom. The summed E-state index contributed by atoms with van der Waals surface area (Å²) in [5, 5.41) is 19.2. The highest BCUT2D eigenvalue weighted by Gasteiger charge is 2.02. The third-order valence-electron chi connectivity index (χ3n) is 4.24. The van der Waals surface area contributed by atoms with Crippen molar-refractivity contribution in [1.82, 2.24) is 0 Å². The summed E-state index contributed by atoms with van der Waals surface area (Å²) in [6.45, 7) is 8.19. The first-order valence-corrected chi connectivity index (χ1v) is 9.06. The van der Waals surface area contributed by atoms with E-state index in [4.69, 9.17) is 0 Å². The minimum Gasteiger partial charge on any atom is -0.507 e. The zero-order valence-corrected chi connectivity index (χ0v) is 15.6. The Morgan fingerprint density at radius 1 is 0.667 bits per heavy atom. The summed E-state index contributed by atoms with van der Waals surface area (Å²) < 4.78 is 0. The maximum Gasteiger partial charge on any atom is 0.121 e. The van der Waals surface area contributed by atoms with Crippen LogP contribution in [0.4, 0.5) is 0 Å². The summed E-state index contributed by atoms with van der Waals surface area (Å²) in [4.78, 5) is 0. The van der Waals surface area contributed by atoms with E-state index in [0.717, 1.165) is 47.9 Å². The molecule has 2 heteroatoms. The van der Waals surface area contributed by atoms with Gasteiger partial charge in [0.2, 0.25) is 0 Å². The van der Waals surface area contributed by atoms with Crippen molar-refractivity contribution in [2.75, 3.05) is 0 Å². The Morgan fingerprint density at radius 3 is 1.38 bits per heavy atom. The van der Waals surface area contributed by atoms with E-state index < -0.39 is 0 Å². The predicted octanol–water partition coefficient (Wildman–Crippen LogP) is 6.09. The van der Waals surface area contributed by atoms with Gasteiger partial charge in [-0.1, -0.05) is 63.1 Å². The maximum atomic E-state index is 9.62. The van der Waals surface area contributed by atoms with E-state index in [1.54, 1.807) is 0 Å². The molecule has 0 amide bonds. The van der Waals surface area contributed by atoms with Crippen LogP contribution < -0.4 is 0 Å². The smallest absolute Gasteiger partial charge is 0.121 e. The topological polar surface area (TPSA) is 40.5 Å². The van der Waals surface area contributed by atoms with Crippen LogP contribution in [-0.4, -0.2) is 10.2 Å². The van der Waals surface area contributed by atoms with E-state index in [0.29, 0.717) is 11.5 Å². The minimum absolute atomic E-state index is 0.478. The van der Waals surface area contributed by atoms with Crippen LogP contribution in [-0.2, 0) is 12.8 Å². The standard InChI is InChI=1S/2C11H16O/c2*1-3-4-7-10-8-5-6-9(2)11(10)12/h2*5-6,8,12H,3-4,7H2,1-2H3. The van der Waals surface area contributed by atoms with E-state index in [1.165, 1.54) is 12.8 Å². The van der Waals surface area contributed by atoms with Gasteiger partial charge in [0.25, 0.3) is 0 Å². The summed E-state index contributed by atoms with van der Waals surface area (Å²) in [5.74, 6) is 0.955. The molecule has 2 rings (SSSR count). The Bertz CT molecular complexity index is 562. The van der Waals surface area contributed by atoms with Crippen LogP contribution in [0.1, 0.15) is 61.8 Å². The number of unbranched alkanes of at least 4 members (excludes halogenated alkanes) is 2. The van der Waals surface area contributed by atoms with Gasteiger partial charge in [-0.25, -0.2) is 0 Å². The highest BCUT2D eigenvalue weighted by Crippen LogP contribution is 2.23. The monoisotopic (exact) mass is 328 g/mol. The highest BCUT2D eigenvalue weighted by atomic mass is 16.3. The number of hydrogen-bond acceptors (Lipinski definition) is 2. The second-order valence-corrected chi connectivity index (χ2v) is 6.37. The van der Waals surface area contributed by atoms with E-state index in [-0.39, 0.29) is 0 Å². The van der Waals surface area contributed by atoms with Gasteiger partial charge in [0.05, 0.1) is 0 Å².